The summed E-state index contributed by atoms with van der Waals surface area (Å²) in [7, 11) is -2.81. The smallest absolute Gasteiger partial charge is 0.264 e. The predicted octanol–water partition coefficient (Wildman–Crippen LogP) is 6.23. The Bertz CT molecular complexity index is 1480. The van der Waals surface area contributed by atoms with Crippen LogP contribution in [0.4, 0.5) is 5.69 Å². The fourth-order valence-electron chi connectivity index (χ4n) is 4.44. The van der Waals surface area contributed by atoms with Crippen LogP contribution in [0.1, 0.15) is 44.7 Å². The first-order valence-electron chi connectivity index (χ1n) is 13.7. The van der Waals surface area contributed by atoms with Gasteiger partial charge < -0.3 is 15.0 Å². The molecule has 0 aliphatic heterocycles. The van der Waals surface area contributed by atoms with E-state index >= 15 is 0 Å². The van der Waals surface area contributed by atoms with Gasteiger partial charge in [-0.05, 0) is 68.7 Å². The number of rotatable bonds is 13. The van der Waals surface area contributed by atoms with E-state index in [1.54, 1.807) is 61.5 Å². The summed E-state index contributed by atoms with van der Waals surface area (Å²) in [6.45, 7) is 6.72. The van der Waals surface area contributed by atoms with E-state index in [9.17, 15) is 18.0 Å². The van der Waals surface area contributed by atoms with Gasteiger partial charge in [0.05, 0.1) is 17.7 Å². The number of carbonyl (C=O) groups excluding carboxylic acids is 2. The van der Waals surface area contributed by atoms with Crippen LogP contribution in [0.5, 0.6) is 5.75 Å². The summed E-state index contributed by atoms with van der Waals surface area (Å²) in [4.78, 5) is 29.1. The molecule has 0 saturated carbocycles. The number of sulfonamides is 1. The quantitative estimate of drug-likeness (QED) is 0.241. The molecule has 0 aliphatic carbocycles. The van der Waals surface area contributed by atoms with Crippen LogP contribution in [-0.4, -0.2) is 50.9 Å². The number of hydrogen-bond acceptors (Lipinski definition) is 5. The molecule has 0 aliphatic rings. The van der Waals surface area contributed by atoms with Crippen LogP contribution in [0.3, 0.4) is 0 Å². The van der Waals surface area contributed by atoms with Gasteiger partial charge in [-0.2, -0.15) is 0 Å². The second-order valence-electron chi connectivity index (χ2n) is 9.96. The Hall–Kier alpha value is -3.27. The SMILES string of the molecule is CC[C@H](C(=O)N[C@@H](C)CC)N(Cc1c(Cl)cccc1Cl)C(=O)CN(c1cc(C)ccc1OC)S(=O)(=O)c1ccccc1. The van der Waals surface area contributed by atoms with Gasteiger partial charge >= 0.3 is 0 Å². The average Bonchev–Trinajstić information content (AvgIpc) is 2.97. The molecule has 3 aromatic rings. The Labute approximate surface area is 258 Å². The van der Waals surface area contributed by atoms with Gasteiger partial charge in [0.15, 0.2) is 0 Å². The van der Waals surface area contributed by atoms with Crippen molar-refractivity contribution in [2.75, 3.05) is 18.0 Å². The molecule has 2 atom stereocenters. The van der Waals surface area contributed by atoms with Crippen molar-refractivity contribution in [2.24, 2.45) is 0 Å². The van der Waals surface area contributed by atoms with Crippen LogP contribution in [0.25, 0.3) is 0 Å². The fraction of sp³-hybridized carbons (Fsp3) is 0.355. The molecule has 11 heteroatoms. The van der Waals surface area contributed by atoms with Crippen LogP contribution in [-0.2, 0) is 26.2 Å². The topological polar surface area (TPSA) is 96.0 Å². The Morgan fingerprint density at radius 3 is 2.17 bits per heavy atom. The van der Waals surface area contributed by atoms with Crippen LogP contribution in [0, 0.1) is 6.92 Å². The van der Waals surface area contributed by atoms with Crippen molar-refractivity contribution in [3.8, 4) is 5.75 Å². The lowest BCUT2D eigenvalue weighted by Gasteiger charge is -2.34. The molecule has 42 heavy (non-hydrogen) atoms. The highest BCUT2D eigenvalue weighted by Crippen LogP contribution is 2.34. The van der Waals surface area contributed by atoms with Gasteiger partial charge in [0.2, 0.25) is 11.8 Å². The van der Waals surface area contributed by atoms with Crippen LogP contribution in [0.2, 0.25) is 10.0 Å². The number of hydrogen-bond donors (Lipinski definition) is 1. The number of methoxy groups -OCH3 is 1. The van der Waals surface area contributed by atoms with Crippen molar-refractivity contribution >= 4 is 50.7 Å². The van der Waals surface area contributed by atoms with E-state index in [0.717, 1.165) is 9.87 Å². The molecule has 2 amide bonds. The molecule has 0 unspecified atom stereocenters. The largest absolute Gasteiger partial charge is 0.495 e. The highest BCUT2D eigenvalue weighted by Gasteiger charge is 2.35. The molecule has 226 valence electrons. The summed E-state index contributed by atoms with van der Waals surface area (Å²) in [5, 5.41) is 3.60. The molecule has 3 aromatic carbocycles. The summed E-state index contributed by atoms with van der Waals surface area (Å²) in [6.07, 6.45) is 0.970. The highest BCUT2D eigenvalue weighted by atomic mass is 35.5. The lowest BCUT2D eigenvalue weighted by atomic mass is 10.1. The number of anilines is 1. The van der Waals surface area contributed by atoms with Crippen molar-refractivity contribution in [3.05, 3.63) is 87.9 Å². The molecular formula is C31H37Cl2N3O5S. The van der Waals surface area contributed by atoms with Gasteiger partial charge in [-0.25, -0.2) is 8.42 Å². The summed E-state index contributed by atoms with van der Waals surface area (Å²) < 4.78 is 34.7. The maximum absolute atomic E-state index is 14.3. The maximum atomic E-state index is 14.3. The molecule has 0 heterocycles. The summed E-state index contributed by atoms with van der Waals surface area (Å²) in [6, 6.07) is 16.9. The zero-order valence-corrected chi connectivity index (χ0v) is 26.8. The minimum Gasteiger partial charge on any atom is -0.495 e. The lowest BCUT2D eigenvalue weighted by molar-refractivity contribution is -0.140. The average molecular weight is 635 g/mol. The number of amides is 2. The van der Waals surface area contributed by atoms with Crippen LogP contribution >= 0.6 is 23.2 Å². The van der Waals surface area contributed by atoms with E-state index < -0.39 is 28.5 Å². The fourth-order valence-corrected chi connectivity index (χ4v) is 6.40. The Balaban J connectivity index is 2.16. The standard InChI is InChI=1S/C31H37Cl2N3O5S/c1-6-22(4)34-31(38)27(7-2)35(19-24-25(32)14-11-15-26(24)33)30(37)20-36(28-18-21(3)16-17-29(28)41-5)42(39,40)23-12-9-8-10-13-23/h8-18,22,27H,6-7,19-20H2,1-5H3,(H,34,38)/t22-,27+/m0/s1. The van der Waals surface area contributed by atoms with Crippen molar-refractivity contribution in [1.82, 2.24) is 10.2 Å². The van der Waals surface area contributed by atoms with Crippen molar-refractivity contribution < 1.29 is 22.7 Å². The Morgan fingerprint density at radius 1 is 0.952 bits per heavy atom. The zero-order valence-electron chi connectivity index (χ0n) is 24.4. The van der Waals surface area contributed by atoms with E-state index in [0.29, 0.717) is 22.0 Å². The molecule has 0 saturated heterocycles. The van der Waals surface area contributed by atoms with Crippen LogP contribution in [0.15, 0.2) is 71.6 Å². The number of aryl methyl sites for hydroxylation is 1. The molecule has 1 N–H and O–H groups in total. The van der Waals surface area contributed by atoms with E-state index in [4.69, 9.17) is 27.9 Å². The molecule has 3 rings (SSSR count). The zero-order chi connectivity index (χ0) is 31.0. The third kappa shape index (κ3) is 7.76. The van der Waals surface area contributed by atoms with Gasteiger partial charge in [0.1, 0.15) is 18.3 Å². The summed E-state index contributed by atoms with van der Waals surface area (Å²) in [5.74, 6) is -0.690. The molecule has 0 radical (unpaired) electrons. The minimum atomic E-state index is -4.24. The van der Waals surface area contributed by atoms with Crippen LogP contribution < -0.4 is 14.4 Å². The molecule has 0 bridgehead atoms. The third-order valence-electron chi connectivity index (χ3n) is 6.99. The van der Waals surface area contributed by atoms with Gasteiger partial charge in [-0.3, -0.25) is 13.9 Å². The Kier molecular flexibility index (Phi) is 11.7. The van der Waals surface area contributed by atoms with Gasteiger partial charge in [-0.1, -0.05) is 67.4 Å². The van der Waals surface area contributed by atoms with Gasteiger partial charge in [0, 0.05) is 28.2 Å². The number of ether oxygens (including phenoxy) is 1. The maximum Gasteiger partial charge on any atom is 0.264 e. The van der Waals surface area contributed by atoms with E-state index in [1.165, 1.54) is 24.1 Å². The van der Waals surface area contributed by atoms with E-state index in [-0.39, 0.29) is 41.2 Å². The second-order valence-corrected chi connectivity index (χ2v) is 12.6. The number of carbonyl (C=O) groups is 2. The molecule has 0 aromatic heterocycles. The Morgan fingerprint density at radius 2 is 1.60 bits per heavy atom. The third-order valence-corrected chi connectivity index (χ3v) is 9.47. The minimum absolute atomic E-state index is 0.00335. The number of halogens is 2. The second kappa shape index (κ2) is 14.8. The molecule has 0 spiro atoms. The predicted molar refractivity (Wildman–Crippen MR) is 168 cm³/mol. The van der Waals surface area contributed by atoms with Crippen molar-refractivity contribution in [3.63, 3.8) is 0 Å². The number of benzene rings is 3. The summed E-state index contributed by atoms with van der Waals surface area (Å²) in [5.41, 5.74) is 1.42. The number of nitrogens with zero attached hydrogens (tertiary/aromatic N) is 2. The first-order valence-corrected chi connectivity index (χ1v) is 15.9. The molecule has 8 nitrogen and oxygen atoms in total. The molecular weight excluding hydrogens is 597 g/mol. The summed E-state index contributed by atoms with van der Waals surface area (Å²) >= 11 is 13.0. The molecule has 0 fully saturated rings. The van der Waals surface area contributed by atoms with Crippen molar-refractivity contribution in [2.45, 2.75) is 64.1 Å². The first kappa shape index (κ1) is 33.2. The lowest BCUT2D eigenvalue weighted by Crippen LogP contribution is -2.53. The van der Waals surface area contributed by atoms with E-state index in [2.05, 4.69) is 5.32 Å². The van der Waals surface area contributed by atoms with Gasteiger partial charge in [0.25, 0.3) is 10.0 Å². The first-order chi connectivity index (χ1) is 19.9. The van der Waals surface area contributed by atoms with Crippen molar-refractivity contribution in [1.29, 1.82) is 0 Å². The van der Waals surface area contributed by atoms with E-state index in [1.807, 2.05) is 20.8 Å². The monoisotopic (exact) mass is 633 g/mol. The highest BCUT2D eigenvalue weighted by molar-refractivity contribution is 7.92. The number of nitrogens with one attached hydrogen (secondary N) is 1. The normalized spacial score (nSPS) is 12.7. The van der Waals surface area contributed by atoms with Gasteiger partial charge in [-0.15, -0.1) is 0 Å².